The van der Waals surface area contributed by atoms with Crippen LogP contribution in [0.3, 0.4) is 0 Å². The van der Waals surface area contributed by atoms with Crippen LogP contribution in [0.25, 0.3) is 11.0 Å². The fourth-order valence-corrected chi connectivity index (χ4v) is 1.53. The van der Waals surface area contributed by atoms with Crippen LogP contribution in [0.1, 0.15) is 6.92 Å². The maximum absolute atomic E-state index is 9.07. The van der Waals surface area contributed by atoms with Crippen molar-refractivity contribution in [3.8, 4) is 0 Å². The molecule has 3 N–H and O–H groups in total. The number of aromatic nitrogens is 3. The largest absolute Gasteiger partial charge is 0.392 e. The summed E-state index contributed by atoms with van der Waals surface area (Å²) in [6.45, 7) is 3.75. The molecule has 0 bridgehead atoms. The molecule has 0 saturated heterocycles. The molecule has 0 saturated carbocycles. The molecule has 1 atom stereocenters. The average molecular weight is 247 g/mol. The molecule has 2 aromatic rings. The normalized spacial score (nSPS) is 12.6. The van der Waals surface area contributed by atoms with E-state index >= 15 is 0 Å². The van der Waals surface area contributed by atoms with E-state index < -0.39 is 0 Å². The first-order chi connectivity index (χ1) is 8.75. The molecule has 96 valence electrons. The second-order valence-corrected chi connectivity index (χ2v) is 4.10. The number of aliphatic hydroxyl groups excluding tert-OH is 1. The highest BCUT2D eigenvalue weighted by Crippen LogP contribution is 2.08. The Morgan fingerprint density at radius 3 is 2.72 bits per heavy atom. The number of benzene rings is 1. The summed E-state index contributed by atoms with van der Waals surface area (Å²) >= 11 is 0. The van der Waals surface area contributed by atoms with Crippen molar-refractivity contribution < 1.29 is 5.11 Å². The highest BCUT2D eigenvalue weighted by molar-refractivity contribution is 5.73. The van der Waals surface area contributed by atoms with Crippen LogP contribution >= 0.6 is 0 Å². The zero-order valence-corrected chi connectivity index (χ0v) is 10.3. The Hall–Kier alpha value is -1.79. The minimum Gasteiger partial charge on any atom is -0.392 e. The molecule has 0 aliphatic heterocycles. The number of para-hydroxylation sites is 1. The number of aliphatic hydroxyl groups is 1. The van der Waals surface area contributed by atoms with Crippen molar-refractivity contribution >= 4 is 17.0 Å². The van der Waals surface area contributed by atoms with Crippen molar-refractivity contribution in [2.24, 2.45) is 0 Å². The van der Waals surface area contributed by atoms with E-state index in [0.717, 1.165) is 17.6 Å². The zero-order valence-electron chi connectivity index (χ0n) is 10.3. The first-order valence-corrected chi connectivity index (χ1v) is 5.98. The number of nitrogens with zero attached hydrogens (tertiary/aromatic N) is 3. The Labute approximate surface area is 105 Å². The summed E-state index contributed by atoms with van der Waals surface area (Å²) in [5.74, 6) is 0.521. The summed E-state index contributed by atoms with van der Waals surface area (Å²) in [5, 5.41) is 23.3. The third-order valence-corrected chi connectivity index (χ3v) is 2.39. The van der Waals surface area contributed by atoms with Crippen molar-refractivity contribution in [3.05, 3.63) is 24.3 Å². The minimum atomic E-state index is -0.330. The number of fused-ring (bicyclic) bond motifs is 1. The van der Waals surface area contributed by atoms with E-state index in [9.17, 15) is 0 Å². The van der Waals surface area contributed by atoms with Gasteiger partial charge in [-0.25, -0.2) is 4.98 Å². The van der Waals surface area contributed by atoms with E-state index in [1.54, 1.807) is 6.92 Å². The number of anilines is 1. The predicted octanol–water partition coefficient (Wildman–Crippen LogP) is 0.407. The molecule has 1 heterocycles. The Morgan fingerprint density at radius 2 is 1.94 bits per heavy atom. The molecular formula is C12H17N5O. The average Bonchev–Trinajstić information content (AvgIpc) is 2.38. The van der Waals surface area contributed by atoms with Crippen LogP contribution in [0, 0.1) is 0 Å². The Bertz CT molecular complexity index is 503. The van der Waals surface area contributed by atoms with Gasteiger partial charge in [0.15, 0.2) is 0 Å². The third kappa shape index (κ3) is 3.61. The third-order valence-electron chi connectivity index (χ3n) is 2.39. The van der Waals surface area contributed by atoms with E-state index in [-0.39, 0.29) is 6.10 Å². The molecule has 18 heavy (non-hydrogen) atoms. The van der Waals surface area contributed by atoms with E-state index in [2.05, 4.69) is 25.8 Å². The molecule has 0 fully saturated rings. The van der Waals surface area contributed by atoms with Crippen molar-refractivity contribution in [2.75, 3.05) is 25.0 Å². The second kappa shape index (κ2) is 6.23. The van der Waals surface area contributed by atoms with Crippen molar-refractivity contribution in [1.82, 2.24) is 20.5 Å². The maximum atomic E-state index is 9.07. The van der Waals surface area contributed by atoms with Gasteiger partial charge in [0.25, 0.3) is 0 Å². The lowest BCUT2D eigenvalue weighted by atomic mass is 10.3. The molecule has 2 rings (SSSR count). The summed E-state index contributed by atoms with van der Waals surface area (Å²) < 4.78 is 0. The van der Waals surface area contributed by atoms with Crippen molar-refractivity contribution in [3.63, 3.8) is 0 Å². The molecule has 0 spiro atoms. The van der Waals surface area contributed by atoms with Gasteiger partial charge < -0.3 is 15.7 Å². The van der Waals surface area contributed by atoms with Gasteiger partial charge in [-0.3, -0.25) is 0 Å². The first-order valence-electron chi connectivity index (χ1n) is 5.98. The van der Waals surface area contributed by atoms with E-state index in [1.165, 1.54) is 0 Å². The molecule has 6 heteroatoms. The minimum absolute atomic E-state index is 0.330. The summed E-state index contributed by atoms with van der Waals surface area (Å²) in [4.78, 5) is 4.35. The van der Waals surface area contributed by atoms with Crippen LogP contribution in [0.15, 0.2) is 24.3 Å². The van der Waals surface area contributed by atoms with E-state index in [1.807, 2.05) is 24.3 Å². The Balaban J connectivity index is 1.84. The lowest BCUT2D eigenvalue weighted by Crippen LogP contribution is -2.29. The van der Waals surface area contributed by atoms with Gasteiger partial charge in [-0.15, -0.1) is 10.2 Å². The molecule has 1 unspecified atom stereocenters. The van der Waals surface area contributed by atoms with Gasteiger partial charge >= 0.3 is 0 Å². The predicted molar refractivity (Wildman–Crippen MR) is 70.4 cm³/mol. The second-order valence-electron chi connectivity index (χ2n) is 4.10. The zero-order chi connectivity index (χ0) is 12.8. The monoisotopic (exact) mass is 247 g/mol. The topological polar surface area (TPSA) is 83.0 Å². The molecule has 0 radical (unpaired) electrons. The van der Waals surface area contributed by atoms with Crippen LogP contribution in [0.2, 0.25) is 0 Å². The highest BCUT2D eigenvalue weighted by Gasteiger charge is 2.00. The van der Waals surface area contributed by atoms with Gasteiger partial charge in [0, 0.05) is 19.6 Å². The molecule has 0 aliphatic carbocycles. The maximum Gasteiger partial charge on any atom is 0.243 e. The van der Waals surface area contributed by atoms with Gasteiger partial charge in [-0.2, -0.15) is 0 Å². The van der Waals surface area contributed by atoms with E-state index in [0.29, 0.717) is 19.0 Å². The Morgan fingerprint density at radius 1 is 1.17 bits per heavy atom. The van der Waals surface area contributed by atoms with Crippen LogP contribution in [-0.4, -0.2) is 46.0 Å². The fourth-order valence-electron chi connectivity index (χ4n) is 1.53. The molecule has 0 amide bonds. The van der Waals surface area contributed by atoms with Gasteiger partial charge in [0.05, 0.1) is 11.6 Å². The number of rotatable bonds is 6. The standard InChI is InChI=1S/C12H17N5O/c1-9(18)8-13-6-7-14-12-15-10-4-2-3-5-11(10)16-17-12/h2-5,9,13,18H,6-8H2,1H3,(H,14,15,17). The highest BCUT2D eigenvalue weighted by atomic mass is 16.3. The smallest absolute Gasteiger partial charge is 0.243 e. The Kier molecular flexibility index (Phi) is 4.38. The lowest BCUT2D eigenvalue weighted by molar-refractivity contribution is 0.192. The van der Waals surface area contributed by atoms with Crippen molar-refractivity contribution in [2.45, 2.75) is 13.0 Å². The van der Waals surface area contributed by atoms with Crippen LogP contribution in [-0.2, 0) is 0 Å². The quantitative estimate of drug-likeness (QED) is 0.641. The van der Waals surface area contributed by atoms with Gasteiger partial charge in [0.2, 0.25) is 5.95 Å². The molecular weight excluding hydrogens is 230 g/mol. The first kappa shape index (κ1) is 12.7. The molecule has 1 aromatic carbocycles. The number of hydrogen-bond acceptors (Lipinski definition) is 6. The number of nitrogens with one attached hydrogen (secondary N) is 2. The SMILES string of the molecule is CC(O)CNCCNc1nnc2ccccc2n1. The number of hydrogen-bond donors (Lipinski definition) is 3. The summed E-state index contributed by atoms with van der Waals surface area (Å²) in [5.41, 5.74) is 1.61. The fraction of sp³-hybridized carbons (Fsp3) is 0.417. The molecule has 0 aliphatic rings. The lowest BCUT2D eigenvalue weighted by Gasteiger charge is -2.07. The summed E-state index contributed by atoms with van der Waals surface area (Å²) in [6, 6.07) is 7.61. The van der Waals surface area contributed by atoms with Crippen LogP contribution in [0.4, 0.5) is 5.95 Å². The van der Waals surface area contributed by atoms with Crippen molar-refractivity contribution in [1.29, 1.82) is 0 Å². The molecule has 6 nitrogen and oxygen atoms in total. The van der Waals surface area contributed by atoms with Crippen LogP contribution < -0.4 is 10.6 Å². The van der Waals surface area contributed by atoms with Crippen LogP contribution in [0.5, 0.6) is 0 Å². The molecule has 1 aromatic heterocycles. The van der Waals surface area contributed by atoms with Gasteiger partial charge in [-0.05, 0) is 19.1 Å². The summed E-state index contributed by atoms with van der Waals surface area (Å²) in [7, 11) is 0. The van der Waals surface area contributed by atoms with E-state index in [4.69, 9.17) is 5.11 Å². The summed E-state index contributed by atoms with van der Waals surface area (Å²) in [6.07, 6.45) is -0.330. The van der Waals surface area contributed by atoms with Gasteiger partial charge in [0.1, 0.15) is 5.52 Å². The van der Waals surface area contributed by atoms with Gasteiger partial charge in [-0.1, -0.05) is 12.1 Å².